The van der Waals surface area contributed by atoms with Crippen molar-refractivity contribution in [1.29, 1.82) is 0 Å². The number of hydrogen-bond acceptors (Lipinski definition) is 5. The first-order valence-electron chi connectivity index (χ1n) is 6.24. The van der Waals surface area contributed by atoms with Crippen LogP contribution in [0, 0.1) is 0 Å². The highest BCUT2D eigenvalue weighted by Gasteiger charge is 2.13. The Hall–Kier alpha value is -2.57. The van der Waals surface area contributed by atoms with E-state index in [1.165, 1.54) is 6.07 Å². The molecule has 2 aromatic rings. The van der Waals surface area contributed by atoms with Crippen molar-refractivity contribution in [2.24, 2.45) is 7.05 Å². The average Bonchev–Trinajstić information content (AvgIpc) is 2.81. The van der Waals surface area contributed by atoms with E-state index in [1.54, 1.807) is 16.8 Å². The summed E-state index contributed by atoms with van der Waals surface area (Å²) in [6.07, 6.45) is 1.84. The molecule has 1 heterocycles. The van der Waals surface area contributed by atoms with Crippen molar-refractivity contribution in [1.82, 2.24) is 15.0 Å². The van der Waals surface area contributed by atoms with Gasteiger partial charge in [-0.25, -0.2) is 4.79 Å². The van der Waals surface area contributed by atoms with E-state index >= 15 is 0 Å². The van der Waals surface area contributed by atoms with Gasteiger partial charge in [0.25, 0.3) is 0 Å². The number of hydrogen-bond donors (Lipinski definition) is 2. The van der Waals surface area contributed by atoms with Crippen LogP contribution in [0.2, 0.25) is 0 Å². The second-order valence-electron chi connectivity index (χ2n) is 4.48. The highest BCUT2D eigenvalue weighted by Crippen LogP contribution is 2.25. The van der Waals surface area contributed by atoms with Gasteiger partial charge in [-0.2, -0.15) is 0 Å². The van der Waals surface area contributed by atoms with Crippen molar-refractivity contribution in [2.45, 2.75) is 13.5 Å². The number of rotatable bonds is 5. The molecule has 0 aliphatic heterocycles. The van der Waals surface area contributed by atoms with Gasteiger partial charge in [-0.15, -0.1) is 5.10 Å². The van der Waals surface area contributed by atoms with Crippen molar-refractivity contribution in [3.05, 3.63) is 35.7 Å². The first-order chi connectivity index (χ1) is 9.51. The molecular formula is C13H17N5O2. The largest absolute Gasteiger partial charge is 0.478 e. The van der Waals surface area contributed by atoms with Gasteiger partial charge in [0.2, 0.25) is 0 Å². The van der Waals surface area contributed by atoms with Crippen molar-refractivity contribution in [3.63, 3.8) is 0 Å². The molecule has 0 unspecified atom stereocenters. The summed E-state index contributed by atoms with van der Waals surface area (Å²) >= 11 is 0. The summed E-state index contributed by atoms with van der Waals surface area (Å²) in [7, 11) is 1.81. The predicted molar refractivity (Wildman–Crippen MR) is 75.5 cm³/mol. The number of nitrogens with two attached hydrogens (primary N) is 1. The van der Waals surface area contributed by atoms with E-state index in [2.05, 4.69) is 10.3 Å². The molecule has 0 bridgehead atoms. The van der Waals surface area contributed by atoms with E-state index < -0.39 is 5.97 Å². The molecule has 0 atom stereocenters. The van der Waals surface area contributed by atoms with Gasteiger partial charge < -0.3 is 15.7 Å². The zero-order chi connectivity index (χ0) is 14.7. The Bertz CT molecular complexity index is 623. The molecule has 0 saturated heterocycles. The van der Waals surface area contributed by atoms with E-state index in [-0.39, 0.29) is 5.56 Å². The molecule has 1 aromatic heterocycles. The molecule has 1 aromatic carbocycles. The fourth-order valence-corrected chi connectivity index (χ4v) is 2.01. The van der Waals surface area contributed by atoms with Crippen LogP contribution in [-0.2, 0) is 13.6 Å². The monoisotopic (exact) mass is 275 g/mol. The molecule has 0 spiro atoms. The Morgan fingerprint density at radius 2 is 2.25 bits per heavy atom. The molecule has 20 heavy (non-hydrogen) atoms. The average molecular weight is 275 g/mol. The van der Waals surface area contributed by atoms with Gasteiger partial charge in [-0.05, 0) is 25.1 Å². The van der Waals surface area contributed by atoms with Crippen LogP contribution in [-0.4, -0.2) is 32.6 Å². The third-order valence-corrected chi connectivity index (χ3v) is 3.00. The summed E-state index contributed by atoms with van der Waals surface area (Å²) in [5.74, 6) is -0.986. The summed E-state index contributed by atoms with van der Waals surface area (Å²) in [6, 6.07) is 4.74. The molecule has 3 N–H and O–H groups in total. The normalized spacial score (nSPS) is 10.5. The van der Waals surface area contributed by atoms with Gasteiger partial charge >= 0.3 is 5.97 Å². The number of aromatic carboxylic acids is 1. The Morgan fingerprint density at radius 3 is 2.75 bits per heavy atom. The number of carbonyl (C=O) groups is 1. The van der Waals surface area contributed by atoms with Crippen LogP contribution in [0.1, 0.15) is 23.0 Å². The van der Waals surface area contributed by atoms with E-state index in [0.29, 0.717) is 12.2 Å². The zero-order valence-corrected chi connectivity index (χ0v) is 11.4. The van der Waals surface area contributed by atoms with Crippen LogP contribution in [0.15, 0.2) is 24.4 Å². The van der Waals surface area contributed by atoms with Crippen molar-refractivity contribution >= 4 is 17.3 Å². The lowest BCUT2D eigenvalue weighted by molar-refractivity contribution is 0.0697. The first-order valence-corrected chi connectivity index (χ1v) is 6.24. The number of aromatic nitrogens is 3. The molecule has 0 fully saturated rings. The summed E-state index contributed by atoms with van der Waals surface area (Å²) in [5, 5.41) is 16.9. The molecule has 0 aliphatic rings. The van der Waals surface area contributed by atoms with Crippen LogP contribution >= 0.6 is 0 Å². The highest BCUT2D eigenvalue weighted by molar-refractivity contribution is 5.90. The molecule has 0 radical (unpaired) electrons. The maximum atomic E-state index is 10.9. The van der Waals surface area contributed by atoms with Gasteiger partial charge in [-0.1, -0.05) is 5.21 Å². The van der Waals surface area contributed by atoms with Crippen LogP contribution in [0.25, 0.3) is 0 Å². The second-order valence-corrected chi connectivity index (χ2v) is 4.48. The number of benzene rings is 1. The Balaban J connectivity index is 2.25. The topological polar surface area (TPSA) is 97.3 Å². The van der Waals surface area contributed by atoms with E-state index in [0.717, 1.165) is 17.9 Å². The molecular weight excluding hydrogens is 258 g/mol. The standard InChI is InChI=1S/C13H17N5O2/c1-3-18(8-10-7-17(2)16-15-10)12-5-4-9(13(19)20)6-11(12)14/h4-7H,3,8,14H2,1-2H3,(H,19,20). The lowest BCUT2D eigenvalue weighted by Gasteiger charge is -2.23. The molecule has 7 nitrogen and oxygen atoms in total. The smallest absolute Gasteiger partial charge is 0.335 e. The number of carboxylic acids is 1. The maximum absolute atomic E-state index is 10.9. The minimum absolute atomic E-state index is 0.182. The van der Waals surface area contributed by atoms with Crippen LogP contribution in [0.3, 0.4) is 0 Å². The van der Waals surface area contributed by atoms with Crippen LogP contribution in [0.5, 0.6) is 0 Å². The molecule has 7 heteroatoms. The fraction of sp³-hybridized carbons (Fsp3) is 0.308. The SMILES string of the molecule is CCN(Cc1cn(C)nn1)c1ccc(C(=O)O)cc1N. The van der Waals surface area contributed by atoms with Crippen molar-refractivity contribution in [2.75, 3.05) is 17.2 Å². The van der Waals surface area contributed by atoms with Crippen molar-refractivity contribution < 1.29 is 9.90 Å². The number of aryl methyl sites for hydroxylation is 1. The summed E-state index contributed by atoms with van der Waals surface area (Å²) in [6.45, 7) is 3.30. The number of anilines is 2. The second kappa shape index (κ2) is 5.60. The summed E-state index contributed by atoms with van der Waals surface area (Å²) in [5.41, 5.74) is 8.20. The fourth-order valence-electron chi connectivity index (χ4n) is 2.01. The zero-order valence-electron chi connectivity index (χ0n) is 11.4. The van der Waals surface area contributed by atoms with E-state index in [9.17, 15) is 4.79 Å². The van der Waals surface area contributed by atoms with Gasteiger partial charge in [-0.3, -0.25) is 4.68 Å². The Labute approximate surface area is 116 Å². The first kappa shape index (κ1) is 13.9. The lowest BCUT2D eigenvalue weighted by atomic mass is 10.1. The third kappa shape index (κ3) is 2.87. The summed E-state index contributed by atoms with van der Waals surface area (Å²) in [4.78, 5) is 12.9. The molecule has 0 saturated carbocycles. The number of nitrogens with zero attached hydrogens (tertiary/aromatic N) is 4. The number of nitrogen functional groups attached to an aromatic ring is 1. The molecule has 2 rings (SSSR count). The molecule has 106 valence electrons. The van der Waals surface area contributed by atoms with Crippen LogP contribution in [0.4, 0.5) is 11.4 Å². The van der Waals surface area contributed by atoms with Crippen LogP contribution < -0.4 is 10.6 Å². The quantitative estimate of drug-likeness (QED) is 0.794. The third-order valence-electron chi connectivity index (χ3n) is 3.00. The summed E-state index contributed by atoms with van der Waals surface area (Å²) < 4.78 is 1.64. The van der Waals surface area contributed by atoms with E-state index in [4.69, 9.17) is 10.8 Å². The minimum atomic E-state index is -0.986. The Kier molecular flexibility index (Phi) is 3.88. The molecule has 0 aliphatic carbocycles. The predicted octanol–water partition coefficient (Wildman–Crippen LogP) is 1.12. The van der Waals surface area contributed by atoms with Crippen molar-refractivity contribution in [3.8, 4) is 0 Å². The van der Waals surface area contributed by atoms with Gasteiger partial charge in [0.05, 0.1) is 23.5 Å². The maximum Gasteiger partial charge on any atom is 0.335 e. The Morgan fingerprint density at radius 1 is 1.50 bits per heavy atom. The van der Waals surface area contributed by atoms with Gasteiger partial charge in [0, 0.05) is 19.8 Å². The minimum Gasteiger partial charge on any atom is -0.478 e. The van der Waals surface area contributed by atoms with Gasteiger partial charge in [0.1, 0.15) is 5.69 Å². The molecule has 0 amide bonds. The lowest BCUT2D eigenvalue weighted by Crippen LogP contribution is -2.23. The van der Waals surface area contributed by atoms with E-state index in [1.807, 2.05) is 25.1 Å². The highest BCUT2D eigenvalue weighted by atomic mass is 16.4. The number of carboxylic acid groups (broad SMARTS) is 1. The van der Waals surface area contributed by atoms with Gasteiger partial charge in [0.15, 0.2) is 0 Å².